The van der Waals surface area contributed by atoms with Gasteiger partial charge < -0.3 is 0 Å². The molecule has 2 heteroatoms. The SMILES string of the molecule is c1ccc(CP(CCPc2ccccc2)c2ccccc2)cc1. The maximum atomic E-state index is 2.31. The Bertz CT molecular complexity index is 681. The van der Waals surface area contributed by atoms with Gasteiger partial charge in [0.05, 0.1) is 0 Å². The number of hydrogen-bond acceptors (Lipinski definition) is 0. The molecular weight excluding hydrogens is 314 g/mol. The van der Waals surface area contributed by atoms with Crippen molar-refractivity contribution >= 4 is 27.1 Å². The van der Waals surface area contributed by atoms with E-state index in [4.69, 9.17) is 0 Å². The van der Waals surface area contributed by atoms with E-state index in [1.807, 2.05) is 0 Å². The predicted molar refractivity (Wildman–Crippen MR) is 107 cm³/mol. The van der Waals surface area contributed by atoms with Crippen LogP contribution in [0.2, 0.25) is 0 Å². The summed E-state index contributed by atoms with van der Waals surface area (Å²) in [7, 11) is 0.798. The molecule has 0 aliphatic carbocycles. The van der Waals surface area contributed by atoms with E-state index in [9.17, 15) is 0 Å². The van der Waals surface area contributed by atoms with Gasteiger partial charge in [-0.2, -0.15) is 0 Å². The van der Waals surface area contributed by atoms with Gasteiger partial charge in [0.1, 0.15) is 0 Å². The minimum Gasteiger partial charge on any atom is -0.0900 e. The highest BCUT2D eigenvalue weighted by Crippen LogP contribution is 2.39. The van der Waals surface area contributed by atoms with Crippen molar-refractivity contribution in [3.63, 3.8) is 0 Å². The summed E-state index contributed by atoms with van der Waals surface area (Å²) in [5.74, 6) is 0. The summed E-state index contributed by atoms with van der Waals surface area (Å²) in [5, 5.41) is 3.01. The van der Waals surface area contributed by atoms with Crippen molar-refractivity contribution in [3.05, 3.63) is 96.6 Å². The van der Waals surface area contributed by atoms with E-state index in [1.54, 1.807) is 0 Å². The van der Waals surface area contributed by atoms with Crippen LogP contribution in [0.4, 0.5) is 0 Å². The van der Waals surface area contributed by atoms with Crippen LogP contribution in [0, 0.1) is 0 Å². The van der Waals surface area contributed by atoms with Gasteiger partial charge in [-0.1, -0.05) is 107 Å². The zero-order valence-corrected chi connectivity index (χ0v) is 15.1. The average molecular weight is 336 g/mol. The zero-order chi connectivity index (χ0) is 15.7. The fourth-order valence-electron chi connectivity index (χ4n) is 2.63. The van der Waals surface area contributed by atoms with Crippen LogP contribution in [0.5, 0.6) is 0 Å². The molecule has 0 aliphatic heterocycles. The van der Waals surface area contributed by atoms with Crippen molar-refractivity contribution in [1.29, 1.82) is 0 Å². The Morgan fingerprint density at radius 2 is 1.22 bits per heavy atom. The molecule has 3 aromatic rings. The maximum absolute atomic E-state index is 2.31. The molecule has 0 heterocycles. The topological polar surface area (TPSA) is 0 Å². The Kier molecular flexibility index (Phi) is 6.39. The van der Waals surface area contributed by atoms with Crippen LogP contribution in [0.3, 0.4) is 0 Å². The van der Waals surface area contributed by atoms with Crippen LogP contribution < -0.4 is 10.6 Å². The zero-order valence-electron chi connectivity index (χ0n) is 13.2. The Morgan fingerprint density at radius 1 is 0.652 bits per heavy atom. The molecule has 2 atom stereocenters. The van der Waals surface area contributed by atoms with Crippen LogP contribution in [-0.4, -0.2) is 12.3 Å². The van der Waals surface area contributed by atoms with E-state index in [2.05, 4.69) is 91.0 Å². The third kappa shape index (κ3) is 5.28. The molecule has 0 bridgehead atoms. The summed E-state index contributed by atoms with van der Waals surface area (Å²) >= 11 is 0. The molecule has 0 fully saturated rings. The van der Waals surface area contributed by atoms with Gasteiger partial charge in [-0.3, -0.25) is 0 Å². The molecule has 3 aromatic carbocycles. The van der Waals surface area contributed by atoms with Gasteiger partial charge in [0.25, 0.3) is 0 Å². The molecule has 2 unspecified atom stereocenters. The lowest BCUT2D eigenvalue weighted by Crippen LogP contribution is -2.07. The first-order valence-electron chi connectivity index (χ1n) is 8.05. The molecule has 0 spiro atoms. The van der Waals surface area contributed by atoms with Gasteiger partial charge in [0.15, 0.2) is 0 Å². The number of rotatable bonds is 7. The first-order chi connectivity index (χ1) is 11.4. The standard InChI is InChI=1S/C21H22P2/c1-4-10-19(11-5-1)18-23(21-14-8-3-9-15-21)17-16-22-20-12-6-2-7-13-20/h1-15,22H,16-18H2. The van der Waals surface area contributed by atoms with E-state index in [-0.39, 0.29) is 7.92 Å². The highest BCUT2D eigenvalue weighted by molar-refractivity contribution is 7.65. The van der Waals surface area contributed by atoms with E-state index in [1.165, 1.54) is 34.7 Å². The maximum Gasteiger partial charge on any atom is -0.00327 e. The summed E-state index contributed by atoms with van der Waals surface area (Å²) < 4.78 is 0. The van der Waals surface area contributed by atoms with Gasteiger partial charge in [-0.25, -0.2) is 0 Å². The van der Waals surface area contributed by atoms with Gasteiger partial charge in [0.2, 0.25) is 0 Å². The molecule has 0 amide bonds. The van der Waals surface area contributed by atoms with Crippen LogP contribution >= 0.6 is 16.5 Å². The van der Waals surface area contributed by atoms with Crippen molar-refractivity contribution in [2.75, 3.05) is 12.3 Å². The van der Waals surface area contributed by atoms with E-state index >= 15 is 0 Å². The average Bonchev–Trinajstić information content (AvgIpc) is 2.63. The summed E-state index contributed by atoms with van der Waals surface area (Å²) in [6, 6.07) is 32.9. The third-order valence-corrected chi connectivity index (χ3v) is 8.02. The lowest BCUT2D eigenvalue weighted by molar-refractivity contribution is 1.37. The molecule has 0 nitrogen and oxygen atoms in total. The molecule has 0 N–H and O–H groups in total. The van der Waals surface area contributed by atoms with Crippen LogP contribution in [0.25, 0.3) is 0 Å². The molecular formula is C21H22P2. The van der Waals surface area contributed by atoms with Gasteiger partial charge >= 0.3 is 0 Å². The molecule has 3 rings (SSSR count). The van der Waals surface area contributed by atoms with Crippen molar-refractivity contribution in [2.24, 2.45) is 0 Å². The normalized spacial score (nSPS) is 12.5. The van der Waals surface area contributed by atoms with E-state index in [0.29, 0.717) is 0 Å². The lowest BCUT2D eigenvalue weighted by atomic mass is 10.2. The Hall–Kier alpha value is -1.48. The van der Waals surface area contributed by atoms with Gasteiger partial charge in [-0.15, -0.1) is 0 Å². The Morgan fingerprint density at radius 3 is 1.87 bits per heavy atom. The molecule has 0 aliphatic rings. The summed E-state index contributed by atoms with van der Waals surface area (Å²) in [5.41, 5.74) is 1.46. The summed E-state index contributed by atoms with van der Waals surface area (Å²) in [4.78, 5) is 0. The minimum atomic E-state index is -0.121. The Labute approximate surface area is 142 Å². The highest BCUT2D eigenvalue weighted by atomic mass is 31.1. The molecule has 0 saturated heterocycles. The van der Waals surface area contributed by atoms with Crippen molar-refractivity contribution in [1.82, 2.24) is 0 Å². The number of benzene rings is 3. The van der Waals surface area contributed by atoms with Crippen LogP contribution in [0.1, 0.15) is 5.56 Å². The van der Waals surface area contributed by atoms with E-state index < -0.39 is 0 Å². The van der Waals surface area contributed by atoms with E-state index in [0.717, 1.165) is 8.58 Å². The van der Waals surface area contributed by atoms with Crippen LogP contribution in [-0.2, 0) is 6.16 Å². The smallest absolute Gasteiger partial charge is 0.00327 e. The highest BCUT2D eigenvalue weighted by Gasteiger charge is 2.11. The van der Waals surface area contributed by atoms with Crippen molar-refractivity contribution in [2.45, 2.75) is 6.16 Å². The fraction of sp³-hybridized carbons (Fsp3) is 0.143. The minimum absolute atomic E-state index is 0.121. The second-order valence-electron chi connectivity index (χ2n) is 5.54. The quantitative estimate of drug-likeness (QED) is 0.533. The second kappa shape index (κ2) is 8.97. The van der Waals surface area contributed by atoms with Crippen LogP contribution in [0.15, 0.2) is 91.0 Å². The lowest BCUT2D eigenvalue weighted by Gasteiger charge is -2.18. The molecule has 23 heavy (non-hydrogen) atoms. The fourth-order valence-corrected chi connectivity index (χ4v) is 6.72. The molecule has 0 radical (unpaired) electrons. The predicted octanol–water partition coefficient (Wildman–Crippen LogP) is 5.00. The van der Waals surface area contributed by atoms with Crippen molar-refractivity contribution < 1.29 is 0 Å². The van der Waals surface area contributed by atoms with Crippen molar-refractivity contribution in [3.8, 4) is 0 Å². The van der Waals surface area contributed by atoms with Gasteiger partial charge in [-0.05, 0) is 34.7 Å². The summed E-state index contributed by atoms with van der Waals surface area (Å²) in [6.07, 6.45) is 3.79. The monoisotopic (exact) mass is 336 g/mol. The first-order valence-corrected chi connectivity index (χ1v) is 11.0. The largest absolute Gasteiger partial charge is 0.0900 e. The van der Waals surface area contributed by atoms with Gasteiger partial charge in [0, 0.05) is 0 Å². The Balaban J connectivity index is 1.65. The molecule has 116 valence electrons. The second-order valence-corrected chi connectivity index (χ2v) is 9.33. The third-order valence-electron chi connectivity index (χ3n) is 3.82. The molecule has 0 aromatic heterocycles. The summed E-state index contributed by atoms with van der Waals surface area (Å²) in [6.45, 7) is 0. The molecule has 0 saturated carbocycles. The number of hydrogen-bond donors (Lipinski definition) is 0. The first kappa shape index (κ1) is 16.4.